The van der Waals surface area contributed by atoms with Crippen molar-refractivity contribution in [1.29, 1.82) is 0 Å². The molecule has 3 nitrogen and oxygen atoms in total. The van der Waals surface area contributed by atoms with E-state index in [2.05, 4.69) is 5.32 Å². The van der Waals surface area contributed by atoms with Gasteiger partial charge < -0.3 is 10.4 Å². The van der Waals surface area contributed by atoms with Crippen molar-refractivity contribution >= 4 is 29.3 Å². The van der Waals surface area contributed by atoms with Crippen LogP contribution in [-0.4, -0.2) is 28.9 Å². The van der Waals surface area contributed by atoms with Crippen molar-refractivity contribution < 1.29 is 9.90 Å². The van der Waals surface area contributed by atoms with Gasteiger partial charge in [-0.05, 0) is 43.5 Å². The van der Waals surface area contributed by atoms with Crippen LogP contribution in [0.4, 0.5) is 0 Å². The SMILES string of the molecule is CC(C)CC(C)(O)CNC(=O)CSc1ccc(Cl)cc1. The molecule has 1 rings (SSSR count). The molecular weight excluding hydrogens is 294 g/mol. The number of nitrogens with one attached hydrogen (secondary N) is 1. The summed E-state index contributed by atoms with van der Waals surface area (Å²) >= 11 is 7.25. The molecule has 1 amide bonds. The van der Waals surface area contributed by atoms with Gasteiger partial charge in [0.2, 0.25) is 5.91 Å². The maximum atomic E-state index is 11.7. The quantitative estimate of drug-likeness (QED) is 0.759. The standard InChI is InChI=1S/C15H22ClNO2S/c1-11(2)8-15(3,19)10-17-14(18)9-20-13-6-4-12(16)5-7-13/h4-7,11,19H,8-10H2,1-3H3,(H,17,18). The van der Waals surface area contributed by atoms with E-state index < -0.39 is 5.60 Å². The number of carbonyl (C=O) groups excluding carboxylic acids is 1. The highest BCUT2D eigenvalue weighted by Gasteiger charge is 2.22. The largest absolute Gasteiger partial charge is 0.388 e. The minimum atomic E-state index is -0.852. The van der Waals surface area contributed by atoms with Crippen LogP contribution >= 0.6 is 23.4 Å². The Bertz CT molecular complexity index is 432. The smallest absolute Gasteiger partial charge is 0.230 e. The van der Waals surface area contributed by atoms with Crippen LogP contribution in [0.25, 0.3) is 0 Å². The number of hydrogen-bond acceptors (Lipinski definition) is 3. The summed E-state index contributed by atoms with van der Waals surface area (Å²) in [5.74, 6) is 0.652. The maximum Gasteiger partial charge on any atom is 0.230 e. The number of hydrogen-bond donors (Lipinski definition) is 2. The lowest BCUT2D eigenvalue weighted by molar-refractivity contribution is -0.119. The highest BCUT2D eigenvalue weighted by Crippen LogP contribution is 2.20. The summed E-state index contributed by atoms with van der Waals surface area (Å²) < 4.78 is 0. The Morgan fingerprint density at radius 2 is 2.00 bits per heavy atom. The zero-order valence-corrected chi connectivity index (χ0v) is 13.7. The first-order valence-corrected chi connectivity index (χ1v) is 8.02. The number of halogens is 1. The lowest BCUT2D eigenvalue weighted by Crippen LogP contribution is -2.42. The van der Waals surface area contributed by atoms with Crippen LogP contribution in [0.1, 0.15) is 27.2 Å². The molecule has 1 unspecified atom stereocenters. The van der Waals surface area contributed by atoms with Crippen molar-refractivity contribution in [3.8, 4) is 0 Å². The van der Waals surface area contributed by atoms with Gasteiger partial charge in [0.15, 0.2) is 0 Å². The van der Waals surface area contributed by atoms with Crippen molar-refractivity contribution in [1.82, 2.24) is 5.32 Å². The fourth-order valence-electron chi connectivity index (χ4n) is 1.97. The molecule has 0 aliphatic rings. The minimum Gasteiger partial charge on any atom is -0.388 e. The lowest BCUT2D eigenvalue weighted by Gasteiger charge is -2.25. The summed E-state index contributed by atoms with van der Waals surface area (Å²) in [4.78, 5) is 12.7. The Morgan fingerprint density at radius 3 is 2.55 bits per heavy atom. The molecule has 0 fully saturated rings. The van der Waals surface area contributed by atoms with Gasteiger partial charge in [0.05, 0.1) is 11.4 Å². The summed E-state index contributed by atoms with van der Waals surface area (Å²) in [6, 6.07) is 7.37. The van der Waals surface area contributed by atoms with Crippen molar-refractivity contribution in [2.24, 2.45) is 5.92 Å². The van der Waals surface area contributed by atoms with E-state index in [0.717, 1.165) is 4.90 Å². The van der Waals surface area contributed by atoms with Gasteiger partial charge in [0, 0.05) is 16.5 Å². The lowest BCUT2D eigenvalue weighted by atomic mass is 9.94. The van der Waals surface area contributed by atoms with E-state index in [-0.39, 0.29) is 12.5 Å². The molecule has 0 heterocycles. The van der Waals surface area contributed by atoms with Crippen LogP contribution in [0.15, 0.2) is 29.2 Å². The number of carbonyl (C=O) groups is 1. The van der Waals surface area contributed by atoms with E-state index >= 15 is 0 Å². The third-order valence-corrected chi connectivity index (χ3v) is 3.96. The van der Waals surface area contributed by atoms with Crippen LogP contribution < -0.4 is 5.32 Å². The van der Waals surface area contributed by atoms with Gasteiger partial charge >= 0.3 is 0 Å². The first kappa shape index (κ1) is 17.3. The van der Waals surface area contributed by atoms with Gasteiger partial charge in [-0.3, -0.25) is 4.79 Å². The molecular formula is C15H22ClNO2S. The van der Waals surface area contributed by atoms with Crippen LogP contribution in [0, 0.1) is 5.92 Å². The molecule has 20 heavy (non-hydrogen) atoms. The second-order valence-corrected chi connectivity index (χ2v) is 7.10. The number of thioether (sulfide) groups is 1. The molecule has 0 aromatic heterocycles. The normalized spacial score (nSPS) is 14.1. The Hall–Kier alpha value is -0.710. The van der Waals surface area contributed by atoms with Gasteiger partial charge in [-0.2, -0.15) is 0 Å². The van der Waals surface area contributed by atoms with E-state index in [0.29, 0.717) is 23.1 Å². The van der Waals surface area contributed by atoms with E-state index in [1.165, 1.54) is 11.8 Å². The Labute approximate surface area is 130 Å². The summed E-state index contributed by atoms with van der Waals surface area (Å²) in [6.45, 7) is 6.13. The number of benzene rings is 1. The predicted octanol–water partition coefficient (Wildman–Crippen LogP) is 3.35. The molecule has 1 aromatic rings. The topological polar surface area (TPSA) is 49.3 Å². The third kappa shape index (κ3) is 7.17. The van der Waals surface area contributed by atoms with Gasteiger partial charge in [-0.1, -0.05) is 25.4 Å². The fourth-order valence-corrected chi connectivity index (χ4v) is 2.83. The Kier molecular flexibility index (Phi) is 6.86. The van der Waals surface area contributed by atoms with Gasteiger partial charge in [-0.25, -0.2) is 0 Å². The van der Waals surface area contributed by atoms with Crippen LogP contribution in [0.3, 0.4) is 0 Å². The molecule has 0 saturated carbocycles. The zero-order valence-electron chi connectivity index (χ0n) is 12.1. The maximum absolute atomic E-state index is 11.7. The molecule has 5 heteroatoms. The first-order chi connectivity index (χ1) is 9.28. The average Bonchev–Trinajstić information content (AvgIpc) is 2.34. The van der Waals surface area contributed by atoms with Gasteiger partial charge in [0.1, 0.15) is 0 Å². The van der Waals surface area contributed by atoms with Crippen molar-refractivity contribution in [2.45, 2.75) is 37.7 Å². The highest BCUT2D eigenvalue weighted by molar-refractivity contribution is 8.00. The summed E-state index contributed by atoms with van der Waals surface area (Å²) in [6.07, 6.45) is 0.664. The highest BCUT2D eigenvalue weighted by atomic mass is 35.5. The number of aliphatic hydroxyl groups is 1. The Balaban J connectivity index is 2.32. The summed E-state index contributed by atoms with van der Waals surface area (Å²) in [5, 5.41) is 13.6. The number of rotatable bonds is 7. The predicted molar refractivity (Wildman–Crippen MR) is 85.3 cm³/mol. The summed E-state index contributed by atoms with van der Waals surface area (Å²) in [5.41, 5.74) is -0.852. The van der Waals surface area contributed by atoms with E-state index in [1.54, 1.807) is 19.1 Å². The molecule has 0 aliphatic heterocycles. The zero-order chi connectivity index (χ0) is 15.2. The second kappa shape index (κ2) is 7.91. The van der Waals surface area contributed by atoms with Crippen LogP contribution in [-0.2, 0) is 4.79 Å². The molecule has 0 spiro atoms. The van der Waals surface area contributed by atoms with Crippen LogP contribution in [0.5, 0.6) is 0 Å². The molecule has 1 aromatic carbocycles. The molecule has 0 aliphatic carbocycles. The molecule has 2 N–H and O–H groups in total. The summed E-state index contributed by atoms with van der Waals surface area (Å²) in [7, 11) is 0. The van der Waals surface area contributed by atoms with Gasteiger partial charge in [-0.15, -0.1) is 11.8 Å². The van der Waals surface area contributed by atoms with E-state index in [4.69, 9.17) is 11.6 Å². The number of amides is 1. The van der Waals surface area contributed by atoms with Gasteiger partial charge in [0.25, 0.3) is 0 Å². The monoisotopic (exact) mass is 315 g/mol. The molecule has 112 valence electrons. The average molecular weight is 316 g/mol. The molecule has 0 radical (unpaired) electrons. The van der Waals surface area contributed by atoms with Crippen molar-refractivity contribution in [3.05, 3.63) is 29.3 Å². The minimum absolute atomic E-state index is 0.0750. The van der Waals surface area contributed by atoms with Crippen LogP contribution in [0.2, 0.25) is 5.02 Å². The van der Waals surface area contributed by atoms with Crippen molar-refractivity contribution in [2.75, 3.05) is 12.3 Å². The Morgan fingerprint density at radius 1 is 1.40 bits per heavy atom. The third-order valence-electron chi connectivity index (χ3n) is 2.70. The van der Waals surface area contributed by atoms with E-state index in [9.17, 15) is 9.90 Å². The first-order valence-electron chi connectivity index (χ1n) is 6.66. The second-order valence-electron chi connectivity index (χ2n) is 5.61. The molecule has 0 saturated heterocycles. The molecule has 0 bridgehead atoms. The van der Waals surface area contributed by atoms with Crippen molar-refractivity contribution in [3.63, 3.8) is 0 Å². The van der Waals surface area contributed by atoms with E-state index in [1.807, 2.05) is 26.0 Å². The molecule has 1 atom stereocenters. The fraction of sp³-hybridized carbons (Fsp3) is 0.533.